The molecule has 18 heavy (non-hydrogen) atoms. The van der Waals surface area contributed by atoms with Crippen molar-refractivity contribution in [2.45, 2.75) is 25.2 Å². The van der Waals surface area contributed by atoms with Crippen LogP contribution in [0, 0.1) is 6.92 Å². The molecular formula is C10H17N3O4S. The molecule has 0 aromatic carbocycles. The minimum Gasteiger partial charge on any atom is -0.480 e. The van der Waals surface area contributed by atoms with E-state index >= 15 is 0 Å². The van der Waals surface area contributed by atoms with Crippen molar-refractivity contribution in [2.24, 2.45) is 5.14 Å². The quantitative estimate of drug-likeness (QED) is 0.820. The zero-order chi connectivity index (χ0) is 13.9. The second-order valence-corrected chi connectivity index (χ2v) is 5.78. The van der Waals surface area contributed by atoms with E-state index in [0.29, 0.717) is 11.4 Å². The van der Waals surface area contributed by atoms with Crippen LogP contribution in [0.1, 0.15) is 24.4 Å². The molecule has 0 aliphatic heterocycles. The average molecular weight is 275 g/mol. The van der Waals surface area contributed by atoms with Gasteiger partial charge in [-0.25, -0.2) is 18.5 Å². The first-order chi connectivity index (χ1) is 8.31. The molecular weight excluding hydrogens is 258 g/mol. The highest BCUT2D eigenvalue weighted by atomic mass is 32.2. The van der Waals surface area contributed by atoms with E-state index in [0.717, 1.165) is 0 Å². The molecule has 7 nitrogen and oxygen atoms in total. The third-order valence-electron chi connectivity index (χ3n) is 2.55. The molecule has 1 aromatic heterocycles. The van der Waals surface area contributed by atoms with E-state index in [1.54, 1.807) is 6.92 Å². The maximum atomic E-state index is 11.4. The first-order valence-electron chi connectivity index (χ1n) is 5.23. The Morgan fingerprint density at radius 1 is 1.39 bits per heavy atom. The van der Waals surface area contributed by atoms with E-state index in [1.165, 1.54) is 27.3 Å². The van der Waals surface area contributed by atoms with Crippen LogP contribution >= 0.6 is 0 Å². The topological polar surface area (TPSA) is 104 Å². The van der Waals surface area contributed by atoms with Gasteiger partial charge in [0.2, 0.25) is 15.9 Å². The van der Waals surface area contributed by atoms with Crippen molar-refractivity contribution in [1.82, 2.24) is 9.97 Å². The summed E-state index contributed by atoms with van der Waals surface area (Å²) in [5, 5.41) is 4.17. The van der Waals surface area contributed by atoms with Gasteiger partial charge >= 0.3 is 0 Å². The molecule has 0 aliphatic rings. The van der Waals surface area contributed by atoms with Gasteiger partial charge in [-0.15, -0.1) is 0 Å². The molecule has 0 bridgehead atoms. The molecule has 0 amide bonds. The van der Waals surface area contributed by atoms with E-state index in [4.69, 9.17) is 14.6 Å². The maximum absolute atomic E-state index is 11.4. The molecule has 2 N–H and O–H groups in total. The summed E-state index contributed by atoms with van der Waals surface area (Å²) in [6.45, 7) is 3.20. The molecule has 102 valence electrons. The number of primary sulfonamides is 1. The van der Waals surface area contributed by atoms with Crippen LogP contribution in [0.5, 0.6) is 5.88 Å². The molecule has 0 saturated carbocycles. The number of aromatic nitrogens is 2. The monoisotopic (exact) mass is 275 g/mol. The highest BCUT2D eigenvalue weighted by molar-refractivity contribution is 7.89. The lowest BCUT2D eigenvalue weighted by atomic mass is 10.2. The van der Waals surface area contributed by atoms with Crippen LogP contribution in [0.25, 0.3) is 0 Å². The van der Waals surface area contributed by atoms with Gasteiger partial charge in [-0.1, -0.05) is 0 Å². The van der Waals surface area contributed by atoms with Crippen LogP contribution in [0.3, 0.4) is 0 Å². The summed E-state index contributed by atoms with van der Waals surface area (Å²) in [5.41, 5.74) is 0.973. The Morgan fingerprint density at radius 3 is 2.44 bits per heavy atom. The standard InChI is InChI=1S/C10H17N3O4S/c1-6-5-12-8(10(13-6)17-4)9(16-3)7(2)18(11,14)15/h5,7,9H,1-4H3,(H2,11,14,15). The Balaban J connectivity index is 3.25. The Bertz CT molecular complexity index is 518. The van der Waals surface area contributed by atoms with E-state index in [-0.39, 0.29) is 5.88 Å². The summed E-state index contributed by atoms with van der Waals surface area (Å²) in [5.74, 6) is 0.234. The van der Waals surface area contributed by atoms with Gasteiger partial charge in [0.1, 0.15) is 17.0 Å². The number of nitrogens with two attached hydrogens (primary N) is 1. The lowest BCUT2D eigenvalue weighted by molar-refractivity contribution is 0.0953. The second kappa shape index (κ2) is 5.59. The third-order valence-corrected chi connectivity index (χ3v) is 3.83. The van der Waals surface area contributed by atoms with E-state index < -0.39 is 21.4 Å². The van der Waals surface area contributed by atoms with Gasteiger partial charge in [0.05, 0.1) is 12.8 Å². The van der Waals surface area contributed by atoms with Gasteiger partial charge in [0.15, 0.2) is 0 Å². The zero-order valence-corrected chi connectivity index (χ0v) is 11.6. The molecule has 0 saturated heterocycles. The number of aryl methyl sites for hydroxylation is 1. The number of sulfonamides is 1. The van der Waals surface area contributed by atoms with Crippen molar-refractivity contribution in [1.29, 1.82) is 0 Å². The van der Waals surface area contributed by atoms with Crippen LogP contribution in [0.4, 0.5) is 0 Å². The zero-order valence-electron chi connectivity index (χ0n) is 10.7. The van der Waals surface area contributed by atoms with Crippen LogP contribution in [-0.2, 0) is 14.8 Å². The van der Waals surface area contributed by atoms with Crippen LogP contribution < -0.4 is 9.88 Å². The molecule has 0 radical (unpaired) electrons. The van der Waals surface area contributed by atoms with Crippen molar-refractivity contribution in [3.63, 3.8) is 0 Å². The Kier molecular flexibility index (Phi) is 4.60. The number of rotatable bonds is 5. The molecule has 0 fully saturated rings. The summed E-state index contributed by atoms with van der Waals surface area (Å²) in [4.78, 5) is 8.25. The number of nitrogens with zero attached hydrogens (tertiary/aromatic N) is 2. The average Bonchev–Trinajstić information content (AvgIpc) is 2.30. The highest BCUT2D eigenvalue weighted by Crippen LogP contribution is 2.28. The largest absolute Gasteiger partial charge is 0.480 e. The van der Waals surface area contributed by atoms with Crippen LogP contribution in [-0.4, -0.2) is 37.9 Å². The molecule has 1 heterocycles. The lowest BCUT2D eigenvalue weighted by Crippen LogP contribution is -2.33. The summed E-state index contributed by atoms with van der Waals surface area (Å²) in [7, 11) is -0.932. The van der Waals surface area contributed by atoms with Gasteiger partial charge in [-0.05, 0) is 13.8 Å². The number of methoxy groups -OCH3 is 2. The first kappa shape index (κ1) is 14.8. The number of ether oxygens (including phenoxy) is 2. The smallest absolute Gasteiger partial charge is 0.238 e. The molecule has 2 atom stereocenters. The van der Waals surface area contributed by atoms with Gasteiger partial charge < -0.3 is 9.47 Å². The SMILES string of the molecule is COc1nc(C)cnc1C(OC)C(C)S(N)(=O)=O. The normalized spacial score (nSPS) is 15.2. The van der Waals surface area contributed by atoms with Crippen LogP contribution in [0.2, 0.25) is 0 Å². The second-order valence-electron chi connectivity index (χ2n) is 3.86. The van der Waals surface area contributed by atoms with E-state index in [2.05, 4.69) is 9.97 Å². The first-order valence-corrected chi connectivity index (χ1v) is 6.84. The van der Waals surface area contributed by atoms with E-state index in [9.17, 15) is 8.42 Å². The predicted octanol–water partition coefficient (Wildman–Crippen LogP) is 0.158. The van der Waals surface area contributed by atoms with E-state index in [1.807, 2.05) is 0 Å². The molecule has 0 aliphatic carbocycles. The van der Waals surface area contributed by atoms with Crippen molar-refractivity contribution >= 4 is 10.0 Å². The number of hydrogen-bond acceptors (Lipinski definition) is 6. The van der Waals surface area contributed by atoms with Crippen molar-refractivity contribution < 1.29 is 17.9 Å². The molecule has 2 unspecified atom stereocenters. The minimum atomic E-state index is -3.75. The fourth-order valence-electron chi connectivity index (χ4n) is 1.51. The predicted molar refractivity (Wildman–Crippen MR) is 65.6 cm³/mol. The fourth-order valence-corrected chi connectivity index (χ4v) is 2.09. The van der Waals surface area contributed by atoms with Gasteiger partial charge in [-0.2, -0.15) is 0 Å². The van der Waals surface area contributed by atoms with Gasteiger partial charge in [-0.3, -0.25) is 4.98 Å². The van der Waals surface area contributed by atoms with Gasteiger partial charge in [0.25, 0.3) is 0 Å². The molecule has 8 heteroatoms. The lowest BCUT2D eigenvalue weighted by Gasteiger charge is -2.21. The third kappa shape index (κ3) is 3.15. The Morgan fingerprint density at radius 2 is 2.00 bits per heavy atom. The Hall–Kier alpha value is -1.25. The van der Waals surface area contributed by atoms with Crippen LogP contribution in [0.15, 0.2) is 6.20 Å². The maximum Gasteiger partial charge on any atom is 0.238 e. The summed E-state index contributed by atoms with van der Waals surface area (Å²) < 4.78 is 33.0. The molecule has 1 aromatic rings. The van der Waals surface area contributed by atoms with Crippen molar-refractivity contribution in [2.75, 3.05) is 14.2 Å². The van der Waals surface area contributed by atoms with Crippen molar-refractivity contribution in [3.05, 3.63) is 17.6 Å². The summed E-state index contributed by atoms with van der Waals surface area (Å²) >= 11 is 0. The summed E-state index contributed by atoms with van der Waals surface area (Å²) in [6.07, 6.45) is 0.683. The fraction of sp³-hybridized carbons (Fsp3) is 0.600. The summed E-state index contributed by atoms with van der Waals surface area (Å²) in [6, 6.07) is 0. The van der Waals surface area contributed by atoms with Crippen molar-refractivity contribution in [3.8, 4) is 5.88 Å². The number of hydrogen-bond donors (Lipinski definition) is 1. The molecule has 0 spiro atoms. The highest BCUT2D eigenvalue weighted by Gasteiger charge is 2.32. The van der Waals surface area contributed by atoms with Gasteiger partial charge in [0, 0.05) is 13.3 Å². The molecule has 1 rings (SSSR count). The minimum absolute atomic E-state index is 0.234. The Labute approximate surface area is 106 Å².